The summed E-state index contributed by atoms with van der Waals surface area (Å²) in [6.45, 7) is 1.29. The SMILES string of the molecule is Cc1cc(C(F)(F)F)cc2c3c(N)ncnc3n(CC(=O)N3[C@@H]4CC4C[C@H]3C(=O)Nc3cncc(Cl)n3)c12. The Bertz CT molecular complexity index is 1640. The number of carbonyl (C=O) groups excluding carboxylic acids is 2. The molecule has 1 saturated heterocycles. The summed E-state index contributed by atoms with van der Waals surface area (Å²) in [5.41, 5.74) is 6.17. The molecule has 3 N–H and O–H groups in total. The molecule has 1 saturated carbocycles. The Morgan fingerprint density at radius 3 is 2.74 bits per heavy atom. The largest absolute Gasteiger partial charge is 0.416 e. The van der Waals surface area contributed by atoms with Crippen LogP contribution in [0, 0.1) is 12.8 Å². The van der Waals surface area contributed by atoms with Crippen LogP contribution in [0.25, 0.3) is 21.9 Å². The monoisotopic (exact) mass is 544 g/mol. The molecule has 2 amide bonds. The number of carbonyl (C=O) groups is 2. The van der Waals surface area contributed by atoms with Crippen molar-refractivity contribution in [3.05, 3.63) is 47.1 Å². The second-order valence-electron chi connectivity index (χ2n) is 9.56. The van der Waals surface area contributed by atoms with Crippen LogP contribution in [0.3, 0.4) is 0 Å². The van der Waals surface area contributed by atoms with E-state index < -0.39 is 23.7 Å². The van der Waals surface area contributed by atoms with Gasteiger partial charge >= 0.3 is 6.18 Å². The lowest BCUT2D eigenvalue weighted by molar-refractivity contribution is -0.138. The summed E-state index contributed by atoms with van der Waals surface area (Å²) >= 11 is 5.86. The first kappa shape index (κ1) is 24.3. The molecule has 1 aromatic carbocycles. The zero-order valence-corrected chi connectivity index (χ0v) is 20.6. The third-order valence-corrected chi connectivity index (χ3v) is 7.31. The fraction of sp³-hybridized carbons (Fsp3) is 0.333. The van der Waals surface area contributed by atoms with Crippen molar-refractivity contribution in [2.24, 2.45) is 5.92 Å². The van der Waals surface area contributed by atoms with Crippen LogP contribution in [0.1, 0.15) is 24.0 Å². The molecule has 3 aromatic heterocycles. The number of aromatic nitrogens is 5. The maximum absolute atomic E-state index is 13.7. The first-order chi connectivity index (χ1) is 18.0. The van der Waals surface area contributed by atoms with Crippen molar-refractivity contribution in [3.63, 3.8) is 0 Å². The fourth-order valence-corrected chi connectivity index (χ4v) is 5.63. The van der Waals surface area contributed by atoms with Gasteiger partial charge in [-0.25, -0.2) is 15.0 Å². The van der Waals surface area contributed by atoms with Gasteiger partial charge in [0.05, 0.1) is 28.9 Å². The van der Waals surface area contributed by atoms with E-state index in [9.17, 15) is 22.8 Å². The van der Waals surface area contributed by atoms with E-state index in [4.69, 9.17) is 17.3 Å². The Kier molecular flexibility index (Phi) is 5.45. The molecule has 3 atom stereocenters. The zero-order chi connectivity index (χ0) is 26.9. The minimum absolute atomic E-state index is 0.00763. The molecule has 1 unspecified atom stereocenters. The Labute approximate surface area is 218 Å². The van der Waals surface area contributed by atoms with Crippen molar-refractivity contribution in [1.82, 2.24) is 29.4 Å². The van der Waals surface area contributed by atoms with Gasteiger partial charge < -0.3 is 20.5 Å². The number of nitrogens with two attached hydrogens (primary N) is 1. The third-order valence-electron chi connectivity index (χ3n) is 7.12. The molecule has 0 bridgehead atoms. The molecule has 196 valence electrons. The first-order valence-corrected chi connectivity index (χ1v) is 12.1. The number of nitrogens with zero attached hydrogens (tertiary/aromatic N) is 6. The Morgan fingerprint density at radius 2 is 2.00 bits per heavy atom. The molecule has 2 fully saturated rings. The number of aryl methyl sites for hydroxylation is 1. The van der Waals surface area contributed by atoms with Crippen LogP contribution in [-0.4, -0.2) is 53.3 Å². The van der Waals surface area contributed by atoms with Crippen molar-refractivity contribution in [3.8, 4) is 0 Å². The molecule has 2 aliphatic rings. The molecule has 1 aliphatic heterocycles. The Hall–Kier alpha value is -4.00. The number of nitrogen functional groups attached to an aromatic ring is 1. The summed E-state index contributed by atoms with van der Waals surface area (Å²) in [6.07, 6.45) is 0.588. The standard InChI is InChI=1S/C24H20ClF3N8O2/c1-10-2-12(24(26,27)28)5-13-19-21(29)31-9-32-22(19)35(20(10)13)8-18(37)36-14-3-11(14)4-15(36)23(38)34-17-7-30-6-16(25)33-17/h2,5-7,9,11,14-15H,3-4,8H2,1H3,(H2,29,31,32)(H,33,34,38)/t11?,14-,15+/m1/s1. The second-order valence-corrected chi connectivity index (χ2v) is 9.95. The second kappa shape index (κ2) is 8.51. The maximum atomic E-state index is 13.7. The van der Waals surface area contributed by atoms with E-state index in [1.54, 1.807) is 9.47 Å². The van der Waals surface area contributed by atoms with Gasteiger partial charge in [0.1, 0.15) is 35.5 Å². The van der Waals surface area contributed by atoms with Crippen LogP contribution in [-0.2, 0) is 22.3 Å². The van der Waals surface area contributed by atoms with Crippen LogP contribution in [0.5, 0.6) is 0 Å². The summed E-state index contributed by atoms with van der Waals surface area (Å²) < 4.78 is 42.3. The van der Waals surface area contributed by atoms with Gasteiger partial charge in [-0.2, -0.15) is 13.2 Å². The molecular formula is C24H20ClF3N8O2. The topological polar surface area (TPSA) is 132 Å². The maximum Gasteiger partial charge on any atom is 0.416 e. The lowest BCUT2D eigenvalue weighted by Crippen LogP contribution is -2.46. The average Bonchev–Trinajstić information content (AvgIpc) is 3.38. The van der Waals surface area contributed by atoms with Gasteiger partial charge in [0.2, 0.25) is 11.8 Å². The molecule has 6 rings (SSSR count). The van der Waals surface area contributed by atoms with Crippen LogP contribution < -0.4 is 11.1 Å². The molecule has 14 heteroatoms. The van der Waals surface area contributed by atoms with E-state index in [0.717, 1.165) is 18.6 Å². The summed E-state index contributed by atoms with van der Waals surface area (Å²) in [5, 5.41) is 3.22. The molecule has 4 aromatic rings. The molecule has 10 nitrogen and oxygen atoms in total. The quantitative estimate of drug-likeness (QED) is 0.401. The van der Waals surface area contributed by atoms with Crippen molar-refractivity contribution < 1.29 is 22.8 Å². The van der Waals surface area contributed by atoms with Crippen LogP contribution in [0.4, 0.5) is 24.8 Å². The van der Waals surface area contributed by atoms with Crippen LogP contribution in [0.15, 0.2) is 30.9 Å². The lowest BCUT2D eigenvalue weighted by Gasteiger charge is -2.27. The highest BCUT2D eigenvalue weighted by molar-refractivity contribution is 6.29. The predicted octanol–water partition coefficient (Wildman–Crippen LogP) is 3.57. The smallest absolute Gasteiger partial charge is 0.383 e. The number of piperidine rings is 1. The van der Waals surface area contributed by atoms with Gasteiger partial charge in [-0.1, -0.05) is 11.6 Å². The minimum atomic E-state index is -4.57. The number of benzene rings is 1. The minimum Gasteiger partial charge on any atom is -0.383 e. The summed E-state index contributed by atoms with van der Waals surface area (Å²) in [7, 11) is 0. The van der Waals surface area contributed by atoms with Crippen molar-refractivity contribution in [1.29, 1.82) is 0 Å². The van der Waals surface area contributed by atoms with E-state index in [0.29, 0.717) is 17.5 Å². The highest BCUT2D eigenvalue weighted by Crippen LogP contribution is 2.48. The normalized spacial score (nSPS) is 20.7. The molecule has 0 radical (unpaired) electrons. The highest BCUT2D eigenvalue weighted by Gasteiger charge is 2.56. The molecule has 38 heavy (non-hydrogen) atoms. The molecule has 0 spiro atoms. The number of anilines is 2. The Morgan fingerprint density at radius 1 is 1.21 bits per heavy atom. The van der Waals surface area contributed by atoms with Crippen LogP contribution in [0.2, 0.25) is 5.15 Å². The van der Waals surface area contributed by atoms with E-state index >= 15 is 0 Å². The predicted molar refractivity (Wildman–Crippen MR) is 132 cm³/mol. The van der Waals surface area contributed by atoms with Gasteiger partial charge in [-0.3, -0.25) is 14.6 Å². The average molecular weight is 545 g/mol. The van der Waals surface area contributed by atoms with Crippen molar-refractivity contribution in [2.75, 3.05) is 11.1 Å². The lowest BCUT2D eigenvalue weighted by atomic mass is 10.1. The van der Waals surface area contributed by atoms with Gasteiger partial charge in [-0.15, -0.1) is 0 Å². The van der Waals surface area contributed by atoms with E-state index in [1.165, 1.54) is 25.6 Å². The summed E-state index contributed by atoms with van der Waals surface area (Å²) in [4.78, 5) is 44.5. The number of hydrogen-bond acceptors (Lipinski definition) is 7. The van der Waals surface area contributed by atoms with Gasteiger partial charge in [-0.05, 0) is 43.4 Å². The van der Waals surface area contributed by atoms with Gasteiger partial charge in [0, 0.05) is 11.4 Å². The fourth-order valence-electron chi connectivity index (χ4n) is 5.48. The van der Waals surface area contributed by atoms with Crippen molar-refractivity contribution >= 4 is 57.0 Å². The molecule has 4 heterocycles. The number of rotatable bonds is 4. The van der Waals surface area contributed by atoms with Gasteiger partial charge in [0.25, 0.3) is 0 Å². The van der Waals surface area contributed by atoms with E-state index in [2.05, 4.69) is 25.3 Å². The number of nitrogens with one attached hydrogen (secondary N) is 1. The number of likely N-dealkylation sites (tertiary alicyclic amines) is 1. The number of halogens is 4. The van der Waals surface area contributed by atoms with E-state index in [1.807, 2.05) is 0 Å². The summed E-state index contributed by atoms with van der Waals surface area (Å²) in [6, 6.07) is 1.20. The third kappa shape index (κ3) is 3.97. The number of amides is 2. The number of hydrogen-bond donors (Lipinski definition) is 2. The van der Waals surface area contributed by atoms with Crippen molar-refractivity contribution in [2.45, 2.75) is 44.6 Å². The highest BCUT2D eigenvalue weighted by atomic mass is 35.5. The van der Waals surface area contributed by atoms with Gasteiger partial charge in [0.15, 0.2) is 5.82 Å². The summed E-state index contributed by atoms with van der Waals surface area (Å²) in [5.74, 6) is -0.397. The number of fused-ring (bicyclic) bond motifs is 4. The van der Waals surface area contributed by atoms with Crippen LogP contribution >= 0.6 is 11.6 Å². The Balaban J connectivity index is 1.37. The first-order valence-electron chi connectivity index (χ1n) is 11.7. The zero-order valence-electron chi connectivity index (χ0n) is 19.8. The van der Waals surface area contributed by atoms with E-state index in [-0.39, 0.29) is 57.6 Å². The molecular weight excluding hydrogens is 525 g/mol. The molecule has 1 aliphatic carbocycles. The number of alkyl halides is 3.